The number of nitrogens with one attached hydrogen (secondary N) is 1. The largest absolute Gasteiger partial charge is 0.469 e. The van der Waals surface area contributed by atoms with Gasteiger partial charge in [-0.2, -0.15) is 0 Å². The first-order chi connectivity index (χ1) is 7.75. The molecule has 1 aliphatic carbocycles. The summed E-state index contributed by atoms with van der Waals surface area (Å²) in [5.74, 6) is 1.00. The van der Waals surface area contributed by atoms with Crippen LogP contribution in [0.2, 0.25) is 0 Å². The second-order valence-electron chi connectivity index (χ2n) is 4.81. The molecule has 1 fully saturated rings. The second-order valence-corrected chi connectivity index (χ2v) is 4.81. The van der Waals surface area contributed by atoms with Crippen LogP contribution in [0.3, 0.4) is 0 Å². The number of aliphatic hydroxyl groups is 1. The molecule has 0 radical (unpaired) electrons. The Morgan fingerprint density at radius 2 is 2.31 bits per heavy atom. The average Bonchev–Trinajstić information content (AvgIpc) is 2.74. The van der Waals surface area contributed by atoms with Crippen molar-refractivity contribution in [2.24, 2.45) is 0 Å². The summed E-state index contributed by atoms with van der Waals surface area (Å²) in [5, 5.41) is 13.4. The van der Waals surface area contributed by atoms with Gasteiger partial charge in [0.15, 0.2) is 0 Å². The summed E-state index contributed by atoms with van der Waals surface area (Å²) in [5.41, 5.74) is 0. The number of hydrogen-bond acceptors (Lipinski definition) is 3. The minimum atomic E-state index is -0.173. The minimum absolute atomic E-state index is 0.173. The zero-order valence-electron chi connectivity index (χ0n) is 9.86. The van der Waals surface area contributed by atoms with Gasteiger partial charge in [0, 0.05) is 18.5 Å². The fourth-order valence-electron chi connectivity index (χ4n) is 2.46. The van der Waals surface area contributed by atoms with Crippen molar-refractivity contribution in [3.8, 4) is 0 Å². The van der Waals surface area contributed by atoms with Gasteiger partial charge in [0.1, 0.15) is 5.76 Å². The van der Waals surface area contributed by atoms with Gasteiger partial charge < -0.3 is 14.8 Å². The third-order valence-corrected chi connectivity index (χ3v) is 3.32. The monoisotopic (exact) mass is 223 g/mol. The standard InChI is InChI=1S/C13H21NO2/c1-10(9-11-5-4-8-16-11)14-12-6-2-3-7-13(12)15/h4-5,8,10,12-15H,2-3,6-7,9H2,1H3/t10?,12-,13-/m1/s1. The van der Waals surface area contributed by atoms with Crippen LogP contribution in [-0.4, -0.2) is 23.3 Å². The van der Waals surface area contributed by atoms with E-state index in [2.05, 4.69) is 12.2 Å². The van der Waals surface area contributed by atoms with Crippen LogP contribution in [0, 0.1) is 0 Å². The smallest absolute Gasteiger partial charge is 0.105 e. The zero-order valence-corrected chi connectivity index (χ0v) is 9.86. The van der Waals surface area contributed by atoms with Gasteiger partial charge in [0.05, 0.1) is 12.4 Å². The van der Waals surface area contributed by atoms with E-state index in [1.165, 1.54) is 6.42 Å². The molecule has 1 saturated carbocycles. The van der Waals surface area contributed by atoms with E-state index in [0.717, 1.165) is 31.4 Å². The van der Waals surface area contributed by atoms with E-state index in [-0.39, 0.29) is 12.1 Å². The third kappa shape index (κ3) is 3.09. The van der Waals surface area contributed by atoms with Crippen molar-refractivity contribution in [1.82, 2.24) is 5.32 Å². The van der Waals surface area contributed by atoms with Gasteiger partial charge >= 0.3 is 0 Å². The number of furan rings is 1. The molecule has 0 saturated heterocycles. The van der Waals surface area contributed by atoms with Crippen LogP contribution in [0.25, 0.3) is 0 Å². The highest BCUT2D eigenvalue weighted by molar-refractivity contribution is 5.00. The molecule has 3 heteroatoms. The maximum atomic E-state index is 9.86. The molecule has 1 aromatic rings. The normalized spacial score (nSPS) is 27.9. The molecule has 3 atom stereocenters. The van der Waals surface area contributed by atoms with Crippen molar-refractivity contribution < 1.29 is 9.52 Å². The van der Waals surface area contributed by atoms with Crippen LogP contribution in [0.1, 0.15) is 38.4 Å². The van der Waals surface area contributed by atoms with E-state index in [0.29, 0.717) is 6.04 Å². The number of rotatable bonds is 4. The van der Waals surface area contributed by atoms with Crippen molar-refractivity contribution in [2.45, 2.75) is 57.2 Å². The van der Waals surface area contributed by atoms with E-state index in [1.54, 1.807) is 6.26 Å². The van der Waals surface area contributed by atoms with Crippen molar-refractivity contribution in [3.63, 3.8) is 0 Å². The van der Waals surface area contributed by atoms with Crippen LogP contribution in [0.4, 0.5) is 0 Å². The molecule has 3 nitrogen and oxygen atoms in total. The molecule has 0 aliphatic heterocycles. The maximum absolute atomic E-state index is 9.86. The number of hydrogen-bond donors (Lipinski definition) is 2. The Morgan fingerprint density at radius 1 is 1.50 bits per heavy atom. The van der Waals surface area contributed by atoms with E-state index >= 15 is 0 Å². The highest BCUT2D eigenvalue weighted by Gasteiger charge is 2.24. The van der Waals surface area contributed by atoms with Crippen LogP contribution in [0.5, 0.6) is 0 Å². The predicted octanol–water partition coefficient (Wildman–Crippen LogP) is 2.10. The fraction of sp³-hybridized carbons (Fsp3) is 0.692. The Hall–Kier alpha value is -0.800. The van der Waals surface area contributed by atoms with Gasteiger partial charge in [-0.3, -0.25) is 0 Å². The van der Waals surface area contributed by atoms with Crippen molar-refractivity contribution in [1.29, 1.82) is 0 Å². The molecule has 0 spiro atoms. The molecule has 0 amide bonds. The Labute approximate surface area is 96.8 Å². The van der Waals surface area contributed by atoms with Gasteiger partial charge in [-0.25, -0.2) is 0 Å². The van der Waals surface area contributed by atoms with Gasteiger partial charge in [0.25, 0.3) is 0 Å². The molecule has 1 heterocycles. The zero-order chi connectivity index (χ0) is 11.4. The first-order valence-electron chi connectivity index (χ1n) is 6.22. The molecule has 0 bridgehead atoms. The average molecular weight is 223 g/mol. The fourth-order valence-corrected chi connectivity index (χ4v) is 2.46. The highest BCUT2D eigenvalue weighted by atomic mass is 16.3. The van der Waals surface area contributed by atoms with Crippen molar-refractivity contribution >= 4 is 0 Å². The van der Waals surface area contributed by atoms with Crippen LogP contribution >= 0.6 is 0 Å². The van der Waals surface area contributed by atoms with Crippen LogP contribution < -0.4 is 5.32 Å². The lowest BCUT2D eigenvalue weighted by Gasteiger charge is -2.31. The van der Waals surface area contributed by atoms with Gasteiger partial charge in [-0.1, -0.05) is 12.8 Å². The molecule has 0 aromatic carbocycles. The third-order valence-electron chi connectivity index (χ3n) is 3.32. The van der Waals surface area contributed by atoms with E-state index in [9.17, 15) is 5.11 Å². The molecule has 2 rings (SSSR count). The molecule has 1 aromatic heterocycles. The quantitative estimate of drug-likeness (QED) is 0.821. The van der Waals surface area contributed by atoms with Crippen molar-refractivity contribution in [2.75, 3.05) is 0 Å². The summed E-state index contributed by atoms with van der Waals surface area (Å²) >= 11 is 0. The Morgan fingerprint density at radius 3 is 3.00 bits per heavy atom. The Kier molecular flexibility index (Phi) is 4.02. The van der Waals surface area contributed by atoms with Gasteiger partial charge in [-0.05, 0) is 31.9 Å². The highest BCUT2D eigenvalue weighted by Crippen LogP contribution is 2.19. The second kappa shape index (κ2) is 5.51. The van der Waals surface area contributed by atoms with Crippen molar-refractivity contribution in [3.05, 3.63) is 24.2 Å². The van der Waals surface area contributed by atoms with Crippen LogP contribution in [0.15, 0.2) is 22.8 Å². The molecule has 1 unspecified atom stereocenters. The van der Waals surface area contributed by atoms with Gasteiger partial charge in [-0.15, -0.1) is 0 Å². The Bertz CT molecular complexity index is 297. The van der Waals surface area contributed by atoms with E-state index < -0.39 is 0 Å². The SMILES string of the molecule is CC(Cc1ccco1)N[C@@H]1CCCC[C@H]1O. The summed E-state index contributed by atoms with van der Waals surface area (Å²) in [4.78, 5) is 0. The summed E-state index contributed by atoms with van der Waals surface area (Å²) in [6.07, 6.45) is 6.82. The van der Waals surface area contributed by atoms with Crippen LogP contribution in [-0.2, 0) is 6.42 Å². The summed E-state index contributed by atoms with van der Waals surface area (Å²) < 4.78 is 5.32. The maximum Gasteiger partial charge on any atom is 0.105 e. The lowest BCUT2D eigenvalue weighted by molar-refractivity contribution is 0.0856. The summed E-state index contributed by atoms with van der Waals surface area (Å²) in [7, 11) is 0. The molecule has 90 valence electrons. The molecule has 16 heavy (non-hydrogen) atoms. The van der Waals surface area contributed by atoms with E-state index in [4.69, 9.17) is 4.42 Å². The minimum Gasteiger partial charge on any atom is -0.469 e. The lowest BCUT2D eigenvalue weighted by atomic mass is 9.92. The molecule has 2 N–H and O–H groups in total. The first-order valence-corrected chi connectivity index (χ1v) is 6.22. The summed E-state index contributed by atoms with van der Waals surface area (Å²) in [6.45, 7) is 2.14. The predicted molar refractivity (Wildman–Crippen MR) is 63.3 cm³/mol. The van der Waals surface area contributed by atoms with Gasteiger partial charge in [0.2, 0.25) is 0 Å². The number of aliphatic hydroxyl groups excluding tert-OH is 1. The lowest BCUT2D eigenvalue weighted by Crippen LogP contribution is -2.46. The summed E-state index contributed by atoms with van der Waals surface area (Å²) in [6, 6.07) is 4.52. The molecule has 1 aliphatic rings. The molecular formula is C13H21NO2. The topological polar surface area (TPSA) is 45.4 Å². The molecular weight excluding hydrogens is 202 g/mol. The first kappa shape index (κ1) is 11.7. The Balaban J connectivity index is 1.79. The van der Waals surface area contributed by atoms with E-state index in [1.807, 2.05) is 12.1 Å².